The summed E-state index contributed by atoms with van der Waals surface area (Å²) in [5.74, 6) is -15.2. The van der Waals surface area contributed by atoms with Crippen LogP contribution in [0.15, 0.2) is 59.6 Å². The third-order valence-corrected chi connectivity index (χ3v) is 18.3. The van der Waals surface area contributed by atoms with Crippen molar-refractivity contribution in [2.24, 2.45) is 17.8 Å². The molecule has 0 spiro atoms. The van der Waals surface area contributed by atoms with E-state index < -0.39 is 217 Å². The van der Waals surface area contributed by atoms with Gasteiger partial charge in [-0.2, -0.15) is 0 Å². The second-order valence-corrected chi connectivity index (χ2v) is 25.6. The van der Waals surface area contributed by atoms with E-state index in [0.29, 0.717) is 12.0 Å². The largest absolute Gasteiger partial charge is 0.610 e. The van der Waals surface area contributed by atoms with Gasteiger partial charge in [0.15, 0.2) is 18.0 Å². The number of amides is 13. The van der Waals surface area contributed by atoms with Gasteiger partial charge in [-0.05, 0) is 48.6 Å². The summed E-state index contributed by atoms with van der Waals surface area (Å²) in [5.41, 5.74) is -1.63. The van der Waals surface area contributed by atoms with Gasteiger partial charge in [0, 0.05) is 90.8 Å². The van der Waals surface area contributed by atoms with Gasteiger partial charge in [0.25, 0.3) is 11.8 Å². The fraction of sp³-hybridized carbons (Fsp3) is 0.508. The number of aliphatic hydroxyl groups excluding tert-OH is 3. The Morgan fingerprint density at radius 1 is 0.800 bits per heavy atom. The predicted molar refractivity (Wildman–Crippen MR) is 335 cm³/mol. The molecule has 4 aliphatic rings. The van der Waals surface area contributed by atoms with E-state index in [2.05, 4.69) is 63.5 Å². The second-order valence-electron chi connectivity index (χ2n) is 24.2. The number of fused-ring (bicyclic) bond motifs is 5. The number of aldehydes is 1. The maximum atomic E-state index is 15.3. The van der Waals surface area contributed by atoms with Crippen molar-refractivity contribution < 1.29 is 92.1 Å². The van der Waals surface area contributed by atoms with E-state index in [4.69, 9.17) is 0 Å². The highest BCUT2D eigenvalue weighted by atomic mass is 32.2. The first-order valence-corrected chi connectivity index (χ1v) is 32.1. The highest BCUT2D eigenvalue weighted by Crippen LogP contribution is 2.33. The van der Waals surface area contributed by atoms with E-state index in [-0.39, 0.29) is 58.7 Å². The Morgan fingerprint density at radius 2 is 1.46 bits per heavy atom. The number of aromatic nitrogens is 1. The van der Waals surface area contributed by atoms with Gasteiger partial charge in [-0.15, -0.1) is 0 Å². The molecular formula is C61H80N14O19S. The first-order chi connectivity index (χ1) is 45.0. The van der Waals surface area contributed by atoms with Crippen LogP contribution in [0.3, 0.4) is 0 Å². The number of carbonyl (C=O) groups excluding carboxylic acids is 14. The van der Waals surface area contributed by atoms with Crippen LogP contribution in [0.4, 0.5) is 5.69 Å². The standard InChI is InChI=1S/C61H80N14O19S/c1-7-30(4)51-56(90)64-23-46(83)67-42-27-95(94)59-38(37-13-12-35(78)18-39(37)70-59)19-40(54(88)63-24-47(84)72-51)68-58(92)52(31(5)43(80)26-76)73-61(28-77)21-36(79)25-75(61)60(93)41(69-55(42)89)20-45(82)62-22-33-8-10-34(11-9-33)66-53(87)32(6)65-57(91)50(29(2)3)71-44(81)16-17-74-48(85)14-15-49(74)86/h8-15,18,28-32,36,40-43,50-52,70,73,76,78-80H,7,16-17,19-27H2,1-6H3,(H,62,82)(H,63,88)(H,64,90)(H,65,91)(H,66,87)(H,67,83)(H,68,92)(H,69,89)(H,71,81)(H,72,84)/t30-,31-,32-,36+,40-,41-,42-,43-,50-,51-,52-,61-,95?/m0/s1. The molecule has 5 heterocycles. The molecule has 1 aromatic heterocycles. The molecular weight excluding hydrogens is 1260 g/mol. The normalized spacial score (nSPS) is 25.0. The molecule has 7 rings (SSSR count). The lowest BCUT2D eigenvalue weighted by atomic mass is 9.92. The van der Waals surface area contributed by atoms with Crippen LogP contribution in [-0.4, -0.2) is 222 Å². The number of imide groups is 1. The van der Waals surface area contributed by atoms with Crippen molar-refractivity contribution in [1.29, 1.82) is 0 Å². The van der Waals surface area contributed by atoms with Crippen molar-refractivity contribution in [2.45, 2.75) is 145 Å². The predicted octanol–water partition coefficient (Wildman–Crippen LogP) is -5.19. The lowest BCUT2D eigenvalue weighted by Gasteiger charge is -2.41. The van der Waals surface area contributed by atoms with Crippen molar-refractivity contribution >= 4 is 111 Å². The Balaban J connectivity index is 1.18. The van der Waals surface area contributed by atoms with Crippen LogP contribution in [0.1, 0.15) is 78.4 Å². The van der Waals surface area contributed by atoms with Gasteiger partial charge in [-0.3, -0.25) is 77.3 Å². The summed E-state index contributed by atoms with van der Waals surface area (Å²) in [4.78, 5) is 197. The molecule has 1 unspecified atom stereocenters. The minimum absolute atomic E-state index is 0.0387. The van der Waals surface area contributed by atoms with Gasteiger partial charge in [0.2, 0.25) is 70.0 Å². The van der Waals surface area contributed by atoms with Crippen LogP contribution in [0, 0.1) is 17.8 Å². The number of nitrogens with one attached hydrogen (secondary N) is 12. The van der Waals surface area contributed by atoms with E-state index >= 15 is 14.1 Å². The monoisotopic (exact) mass is 1340 g/mol. The maximum Gasteiger partial charge on any atom is 0.253 e. The Labute approximate surface area is 547 Å². The lowest BCUT2D eigenvalue weighted by molar-refractivity contribution is -0.147. The minimum atomic E-state index is -2.48. The number of benzene rings is 2. The number of aromatic hydroxyl groups is 1. The molecule has 1 saturated heterocycles. The summed E-state index contributed by atoms with van der Waals surface area (Å²) < 4.78 is 15.0. The van der Waals surface area contributed by atoms with Gasteiger partial charge in [0.05, 0.1) is 49.9 Å². The zero-order valence-corrected chi connectivity index (χ0v) is 53.7. The molecule has 4 aliphatic heterocycles. The average molecular weight is 1350 g/mol. The minimum Gasteiger partial charge on any atom is -0.610 e. The van der Waals surface area contributed by atoms with Crippen molar-refractivity contribution in [1.82, 2.24) is 68.0 Å². The molecule has 13 atom stereocenters. The van der Waals surface area contributed by atoms with E-state index in [9.17, 15) is 78.0 Å². The summed E-state index contributed by atoms with van der Waals surface area (Å²) >= 11 is -2.48. The zero-order valence-electron chi connectivity index (χ0n) is 52.9. The van der Waals surface area contributed by atoms with Gasteiger partial charge in [0.1, 0.15) is 41.7 Å². The fourth-order valence-electron chi connectivity index (χ4n) is 11.1. The number of nitrogens with zero attached hydrogens (tertiary/aromatic N) is 2. The highest BCUT2D eigenvalue weighted by Gasteiger charge is 2.53. The summed E-state index contributed by atoms with van der Waals surface area (Å²) in [6.45, 7) is 5.55. The van der Waals surface area contributed by atoms with Gasteiger partial charge in [-0.1, -0.05) is 53.2 Å². The van der Waals surface area contributed by atoms with Crippen molar-refractivity contribution in [3.8, 4) is 5.75 Å². The molecule has 2 bridgehead atoms. The summed E-state index contributed by atoms with van der Waals surface area (Å²) in [5, 5.41) is 71.3. The summed E-state index contributed by atoms with van der Waals surface area (Å²) in [7, 11) is 0. The summed E-state index contributed by atoms with van der Waals surface area (Å²) in [6.07, 6.45) is -3.16. The smallest absolute Gasteiger partial charge is 0.253 e. The van der Waals surface area contributed by atoms with Gasteiger partial charge in [-0.25, -0.2) is 0 Å². The number of H-pyrrole nitrogens is 1. The van der Waals surface area contributed by atoms with Crippen LogP contribution < -0.4 is 58.5 Å². The van der Waals surface area contributed by atoms with Crippen LogP contribution in [0.25, 0.3) is 10.9 Å². The van der Waals surface area contributed by atoms with E-state index in [1.165, 1.54) is 56.3 Å². The molecule has 0 aliphatic carbocycles. The van der Waals surface area contributed by atoms with Crippen molar-refractivity contribution in [2.75, 3.05) is 43.9 Å². The first kappa shape index (κ1) is 73.1. The number of hydrogen-bond acceptors (Lipinski definition) is 20. The zero-order chi connectivity index (χ0) is 69.7. The number of carbonyl (C=O) groups is 14. The number of hydrogen-bond donors (Lipinski definition) is 16. The molecule has 13 amide bonds. The van der Waals surface area contributed by atoms with E-state index in [1.807, 2.05) is 0 Å². The molecule has 1 fully saturated rings. The lowest BCUT2D eigenvalue weighted by Crippen LogP contribution is -2.69. The number of aromatic amines is 1. The molecule has 95 heavy (non-hydrogen) atoms. The maximum absolute atomic E-state index is 15.3. The van der Waals surface area contributed by atoms with Gasteiger partial charge < -0.3 is 88.0 Å². The van der Waals surface area contributed by atoms with Crippen LogP contribution >= 0.6 is 0 Å². The number of aliphatic hydroxyl groups is 3. The Morgan fingerprint density at radius 3 is 2.11 bits per heavy atom. The second kappa shape index (κ2) is 32.2. The van der Waals surface area contributed by atoms with Crippen LogP contribution in [-0.2, 0) is 91.3 Å². The molecule has 16 N–H and O–H groups in total. The van der Waals surface area contributed by atoms with Gasteiger partial charge >= 0.3 is 0 Å². The molecule has 514 valence electrons. The topological polar surface area (TPSA) is 498 Å². The highest BCUT2D eigenvalue weighted by molar-refractivity contribution is 7.91. The van der Waals surface area contributed by atoms with E-state index in [0.717, 1.165) is 22.0 Å². The molecule has 2 aromatic carbocycles. The number of phenolic OH excluding ortho intramolecular Hbond substituents is 1. The van der Waals surface area contributed by atoms with Crippen LogP contribution in [0.2, 0.25) is 0 Å². The average Bonchev–Trinajstić information content (AvgIpc) is 1.65. The van der Waals surface area contributed by atoms with Crippen molar-refractivity contribution in [3.05, 3.63) is 65.7 Å². The summed E-state index contributed by atoms with van der Waals surface area (Å²) in [6, 6.07) is -1.37. The third-order valence-electron chi connectivity index (χ3n) is 16.8. The number of phenols is 1. The number of rotatable bonds is 19. The third kappa shape index (κ3) is 18.3. The molecule has 34 heteroatoms. The molecule has 0 saturated carbocycles. The molecule has 3 aromatic rings. The van der Waals surface area contributed by atoms with E-state index in [1.54, 1.807) is 27.7 Å². The number of anilines is 1. The Bertz CT molecular complexity index is 3480. The Kier molecular flexibility index (Phi) is 24.8. The SMILES string of the molecule is CC[C@H](C)[C@@H]1NC(=O)CNC(=O)[C@@H]2Cc3c([nH]c4cc(O)ccc34)[S+]([O-])C[C@H](NC(=O)CNC1=O)C(=O)N[C@@H](CC(=O)NCc1ccc(NC(=O)[C@H](C)NC(=O)[C@@H](NC(=O)CCN3C(=O)C=CC3=O)C(C)C)cc1)C(=O)N1C[C@H](O)C[C@]1(C=O)N[C@@H]([C@@H](C)[C@@H](O)CO)C(=O)N2. The quantitative estimate of drug-likeness (QED) is 0.0303. The van der Waals surface area contributed by atoms with Crippen LogP contribution in [0.5, 0.6) is 5.75 Å². The van der Waals surface area contributed by atoms with Crippen molar-refractivity contribution in [3.63, 3.8) is 0 Å². The molecule has 0 radical (unpaired) electrons. The first-order valence-electron chi connectivity index (χ1n) is 30.8. The Hall–Kier alpha value is -9.35. The molecule has 33 nitrogen and oxygen atoms in total. The fourth-order valence-corrected chi connectivity index (χ4v) is 12.5.